The lowest BCUT2D eigenvalue weighted by Crippen LogP contribution is -2.29. The normalized spacial score (nSPS) is 11.9. The maximum absolute atomic E-state index is 13.8. The van der Waals surface area contributed by atoms with Gasteiger partial charge in [0.25, 0.3) is 0 Å². The summed E-state index contributed by atoms with van der Waals surface area (Å²) in [5, 5.41) is 3.42. The minimum absolute atomic E-state index is 0.0650. The third-order valence-electron chi connectivity index (χ3n) is 4.11. The molecule has 0 saturated carbocycles. The zero-order valence-electron chi connectivity index (χ0n) is 15.1. The second kappa shape index (κ2) is 9.83. The fraction of sp³-hybridized carbons (Fsp3) is 0.350. The van der Waals surface area contributed by atoms with Gasteiger partial charge >= 0.3 is 0 Å². The third-order valence-corrected chi connectivity index (χ3v) is 5.42. The van der Waals surface area contributed by atoms with Gasteiger partial charge in [0.05, 0.1) is 18.9 Å². The van der Waals surface area contributed by atoms with Crippen LogP contribution in [0.25, 0.3) is 0 Å². The van der Waals surface area contributed by atoms with Crippen molar-refractivity contribution in [3.8, 4) is 5.75 Å². The lowest BCUT2D eigenvalue weighted by molar-refractivity contribution is -0.119. The molecule has 26 heavy (non-hydrogen) atoms. The Labute approximate surface area is 163 Å². The van der Waals surface area contributed by atoms with Gasteiger partial charge < -0.3 is 10.1 Å². The van der Waals surface area contributed by atoms with Gasteiger partial charge in [0.2, 0.25) is 5.91 Å². The Morgan fingerprint density at radius 3 is 2.73 bits per heavy atom. The Balaban J connectivity index is 1.92. The van der Waals surface area contributed by atoms with Crippen LogP contribution in [0, 0.1) is 12.7 Å². The van der Waals surface area contributed by atoms with E-state index in [4.69, 9.17) is 16.3 Å². The van der Waals surface area contributed by atoms with Crippen molar-refractivity contribution in [2.45, 2.75) is 32.1 Å². The molecule has 2 aromatic carbocycles. The fourth-order valence-corrected chi connectivity index (χ4v) is 3.87. The van der Waals surface area contributed by atoms with E-state index in [2.05, 4.69) is 5.32 Å². The van der Waals surface area contributed by atoms with Crippen molar-refractivity contribution in [1.29, 1.82) is 0 Å². The van der Waals surface area contributed by atoms with Crippen molar-refractivity contribution in [1.82, 2.24) is 5.32 Å². The monoisotopic (exact) mass is 395 g/mol. The maximum Gasteiger partial charge on any atom is 0.230 e. The van der Waals surface area contributed by atoms with Crippen LogP contribution in [0.4, 0.5) is 4.39 Å². The molecule has 1 amide bonds. The maximum atomic E-state index is 13.8. The molecule has 2 aromatic rings. The average molecular weight is 396 g/mol. The Kier molecular flexibility index (Phi) is 7.79. The van der Waals surface area contributed by atoms with E-state index < -0.39 is 0 Å². The quantitative estimate of drug-likeness (QED) is 0.659. The first kappa shape index (κ1) is 20.6. The van der Waals surface area contributed by atoms with E-state index >= 15 is 0 Å². The molecule has 0 radical (unpaired) electrons. The molecule has 0 aromatic heterocycles. The fourth-order valence-electron chi connectivity index (χ4n) is 2.69. The van der Waals surface area contributed by atoms with Gasteiger partial charge in [0.15, 0.2) is 0 Å². The van der Waals surface area contributed by atoms with Crippen LogP contribution in [0.2, 0.25) is 5.02 Å². The van der Waals surface area contributed by atoms with E-state index in [-0.39, 0.29) is 23.5 Å². The summed E-state index contributed by atoms with van der Waals surface area (Å²) in [4.78, 5) is 12.3. The van der Waals surface area contributed by atoms with Gasteiger partial charge in [-0.1, -0.05) is 36.7 Å². The van der Waals surface area contributed by atoms with Crippen LogP contribution in [-0.4, -0.2) is 18.8 Å². The first-order valence-electron chi connectivity index (χ1n) is 8.40. The predicted molar refractivity (Wildman–Crippen MR) is 106 cm³/mol. The van der Waals surface area contributed by atoms with Crippen LogP contribution >= 0.6 is 23.4 Å². The highest BCUT2D eigenvalue weighted by molar-refractivity contribution is 7.99. The summed E-state index contributed by atoms with van der Waals surface area (Å²) in [5.41, 5.74) is 2.51. The van der Waals surface area contributed by atoms with Gasteiger partial charge in [-0.25, -0.2) is 4.39 Å². The summed E-state index contributed by atoms with van der Waals surface area (Å²) < 4.78 is 19.0. The van der Waals surface area contributed by atoms with Gasteiger partial charge in [-0.05, 0) is 42.7 Å². The van der Waals surface area contributed by atoms with E-state index in [0.29, 0.717) is 16.3 Å². The summed E-state index contributed by atoms with van der Waals surface area (Å²) in [6.45, 7) is 4.00. The molecule has 0 bridgehead atoms. The number of rotatable bonds is 8. The highest BCUT2D eigenvalue weighted by Crippen LogP contribution is 2.26. The number of carbonyl (C=O) groups excluding carboxylic acids is 1. The number of benzene rings is 2. The number of methoxy groups -OCH3 is 1. The number of hydrogen-bond donors (Lipinski definition) is 1. The molecule has 2 rings (SSSR count). The summed E-state index contributed by atoms with van der Waals surface area (Å²) in [6.07, 6.45) is 0.779. The van der Waals surface area contributed by atoms with Crippen molar-refractivity contribution in [3.63, 3.8) is 0 Å². The standard InChI is InChI=1S/C20H23ClFNO2S/c1-4-18(14-8-9-19(25-3)13(2)10-14)23-20(24)12-26-11-15-16(21)6-5-7-17(15)22/h5-10,18H,4,11-12H2,1-3H3,(H,23,24)/t18-/m0/s1. The van der Waals surface area contributed by atoms with Gasteiger partial charge in [0, 0.05) is 16.3 Å². The summed E-state index contributed by atoms with van der Waals surface area (Å²) >= 11 is 7.35. The smallest absolute Gasteiger partial charge is 0.230 e. The zero-order valence-corrected chi connectivity index (χ0v) is 16.7. The molecule has 0 aliphatic heterocycles. The SMILES string of the molecule is CC[C@H](NC(=O)CSCc1c(F)cccc1Cl)c1ccc(OC)c(C)c1. The predicted octanol–water partition coefficient (Wildman–Crippen LogP) is 5.30. The minimum Gasteiger partial charge on any atom is -0.496 e. The number of halogens is 2. The molecular formula is C20H23ClFNO2S. The zero-order chi connectivity index (χ0) is 19.1. The largest absolute Gasteiger partial charge is 0.496 e. The number of nitrogens with one attached hydrogen (secondary N) is 1. The van der Waals surface area contributed by atoms with Crippen LogP contribution in [-0.2, 0) is 10.5 Å². The number of hydrogen-bond acceptors (Lipinski definition) is 3. The molecule has 0 saturated heterocycles. The minimum atomic E-state index is -0.342. The first-order valence-corrected chi connectivity index (χ1v) is 9.94. The van der Waals surface area contributed by atoms with E-state index in [0.717, 1.165) is 23.3 Å². The topological polar surface area (TPSA) is 38.3 Å². The summed E-state index contributed by atoms with van der Waals surface area (Å²) in [7, 11) is 1.64. The summed E-state index contributed by atoms with van der Waals surface area (Å²) in [5.74, 6) is 1.01. The van der Waals surface area contributed by atoms with Crippen molar-refractivity contribution in [3.05, 3.63) is 63.9 Å². The molecule has 140 valence electrons. The third kappa shape index (κ3) is 5.39. The van der Waals surface area contributed by atoms with E-state index in [1.165, 1.54) is 17.8 Å². The average Bonchev–Trinajstić information content (AvgIpc) is 2.62. The van der Waals surface area contributed by atoms with Crippen molar-refractivity contribution in [2.75, 3.05) is 12.9 Å². The van der Waals surface area contributed by atoms with E-state index in [9.17, 15) is 9.18 Å². The molecule has 0 heterocycles. The highest BCUT2D eigenvalue weighted by Gasteiger charge is 2.15. The number of carbonyl (C=O) groups is 1. The molecule has 1 atom stereocenters. The first-order chi connectivity index (χ1) is 12.5. The van der Waals surface area contributed by atoms with E-state index in [1.54, 1.807) is 19.2 Å². The van der Waals surface area contributed by atoms with Crippen molar-refractivity contribution >= 4 is 29.3 Å². The highest BCUT2D eigenvalue weighted by atomic mass is 35.5. The van der Waals surface area contributed by atoms with Gasteiger partial charge in [-0.15, -0.1) is 11.8 Å². The van der Waals surface area contributed by atoms with Crippen LogP contribution < -0.4 is 10.1 Å². The van der Waals surface area contributed by atoms with Crippen LogP contribution in [0.5, 0.6) is 5.75 Å². The Bertz CT molecular complexity index is 749. The van der Waals surface area contributed by atoms with Crippen LogP contribution in [0.1, 0.15) is 36.1 Å². The Morgan fingerprint density at radius 1 is 1.35 bits per heavy atom. The molecule has 6 heteroatoms. The second-order valence-electron chi connectivity index (χ2n) is 5.95. The van der Waals surface area contributed by atoms with Gasteiger partial charge in [-0.3, -0.25) is 4.79 Å². The molecule has 1 N–H and O–H groups in total. The van der Waals surface area contributed by atoms with E-state index in [1.807, 2.05) is 32.0 Å². The Morgan fingerprint density at radius 2 is 2.12 bits per heavy atom. The summed E-state index contributed by atoms with van der Waals surface area (Å²) in [6, 6.07) is 10.4. The molecular weight excluding hydrogens is 373 g/mol. The number of thioether (sulfide) groups is 1. The van der Waals surface area contributed by atoms with Gasteiger partial charge in [0.1, 0.15) is 11.6 Å². The second-order valence-corrected chi connectivity index (χ2v) is 7.34. The molecule has 0 aliphatic rings. The molecule has 3 nitrogen and oxygen atoms in total. The molecule has 0 spiro atoms. The molecule has 0 fully saturated rings. The number of amides is 1. The molecule has 0 unspecified atom stereocenters. The lowest BCUT2D eigenvalue weighted by Gasteiger charge is -2.19. The van der Waals surface area contributed by atoms with Gasteiger partial charge in [-0.2, -0.15) is 0 Å². The number of ether oxygens (including phenoxy) is 1. The van der Waals surface area contributed by atoms with Crippen molar-refractivity contribution in [2.24, 2.45) is 0 Å². The number of aryl methyl sites for hydroxylation is 1. The van der Waals surface area contributed by atoms with Crippen LogP contribution in [0.15, 0.2) is 36.4 Å². The van der Waals surface area contributed by atoms with Crippen LogP contribution in [0.3, 0.4) is 0 Å². The van der Waals surface area contributed by atoms with Crippen molar-refractivity contribution < 1.29 is 13.9 Å². The molecule has 0 aliphatic carbocycles. The lowest BCUT2D eigenvalue weighted by atomic mass is 10.0. The Hall–Kier alpha value is -1.72.